The van der Waals surface area contributed by atoms with Crippen LogP contribution in [0.15, 0.2) is 54.9 Å². The fourth-order valence-corrected chi connectivity index (χ4v) is 4.96. The number of nitrogens with zero attached hydrogens (tertiary/aromatic N) is 7. The number of halogens is 2. The fourth-order valence-electron chi connectivity index (χ4n) is 4.54. The number of rotatable bonds is 9. The predicted molar refractivity (Wildman–Crippen MR) is 162 cm³/mol. The van der Waals surface area contributed by atoms with Gasteiger partial charge in [-0.25, -0.2) is 9.78 Å². The van der Waals surface area contributed by atoms with Gasteiger partial charge in [-0.1, -0.05) is 35.3 Å². The maximum atomic E-state index is 13.2. The standard InChI is InChI=1S/C28H27Cl2N9O5/c1-37(28(42)43)20-6-2-17(3-7-20)25-26(30)34-27(33-25)21(15-24(41)38-10-12-44-13-11-38)32-23(40)9-4-18-14-19(29)5-8-22(18)39-16-31-35-36-39/h2-9,14,16,21H,10-13,15H2,1H3,(H,32,40)(H,33,34)(H,42,43)/b9-4+/t21-/m0/s1. The number of carboxylic acid groups (broad SMARTS) is 1. The first-order valence-corrected chi connectivity index (χ1v) is 14.1. The molecule has 0 radical (unpaired) electrons. The Bertz CT molecular complexity index is 1670. The van der Waals surface area contributed by atoms with Crippen molar-refractivity contribution in [1.29, 1.82) is 0 Å². The van der Waals surface area contributed by atoms with Crippen LogP contribution in [0, 0.1) is 0 Å². The molecule has 16 heteroatoms. The van der Waals surface area contributed by atoms with Crippen LogP contribution in [0.25, 0.3) is 23.0 Å². The van der Waals surface area contributed by atoms with Crippen molar-refractivity contribution < 1.29 is 24.2 Å². The summed E-state index contributed by atoms with van der Waals surface area (Å²) in [5, 5.41) is 23.9. The van der Waals surface area contributed by atoms with Crippen LogP contribution in [0.3, 0.4) is 0 Å². The highest BCUT2D eigenvalue weighted by Crippen LogP contribution is 2.30. The number of carbonyl (C=O) groups is 3. The zero-order valence-electron chi connectivity index (χ0n) is 23.4. The Labute approximate surface area is 261 Å². The largest absolute Gasteiger partial charge is 0.465 e. The van der Waals surface area contributed by atoms with Crippen LogP contribution < -0.4 is 10.2 Å². The molecule has 2 aromatic heterocycles. The van der Waals surface area contributed by atoms with Crippen molar-refractivity contribution in [2.45, 2.75) is 12.5 Å². The highest BCUT2D eigenvalue weighted by atomic mass is 35.5. The van der Waals surface area contributed by atoms with Crippen molar-refractivity contribution in [3.8, 4) is 16.9 Å². The van der Waals surface area contributed by atoms with Gasteiger partial charge < -0.3 is 25.0 Å². The third-order valence-corrected chi connectivity index (χ3v) is 7.39. The Morgan fingerprint density at radius 2 is 1.91 bits per heavy atom. The maximum absolute atomic E-state index is 13.2. The lowest BCUT2D eigenvalue weighted by Gasteiger charge is -2.28. The molecule has 4 aromatic rings. The number of H-pyrrole nitrogens is 1. The van der Waals surface area contributed by atoms with Crippen molar-refractivity contribution in [3.63, 3.8) is 0 Å². The summed E-state index contributed by atoms with van der Waals surface area (Å²) in [6.07, 6.45) is 3.12. The lowest BCUT2D eigenvalue weighted by Crippen LogP contribution is -2.42. The minimum Gasteiger partial charge on any atom is -0.465 e. The predicted octanol–water partition coefficient (Wildman–Crippen LogP) is 3.59. The molecule has 44 heavy (non-hydrogen) atoms. The summed E-state index contributed by atoms with van der Waals surface area (Å²) in [5.74, 6) is -0.409. The van der Waals surface area contributed by atoms with Crippen LogP contribution in [0.4, 0.5) is 10.5 Å². The second-order valence-corrected chi connectivity index (χ2v) is 10.5. The molecule has 3 N–H and O–H groups in total. The normalized spacial score (nSPS) is 14.0. The van der Waals surface area contributed by atoms with Gasteiger partial charge in [0.2, 0.25) is 11.8 Å². The Balaban J connectivity index is 1.40. The van der Waals surface area contributed by atoms with Crippen LogP contribution in [-0.2, 0) is 14.3 Å². The maximum Gasteiger partial charge on any atom is 0.411 e. The number of aromatic nitrogens is 6. The number of benzene rings is 2. The molecule has 0 spiro atoms. The van der Waals surface area contributed by atoms with Crippen LogP contribution in [0.1, 0.15) is 23.9 Å². The molecule has 228 valence electrons. The third-order valence-electron chi connectivity index (χ3n) is 6.88. The smallest absolute Gasteiger partial charge is 0.411 e. The number of anilines is 1. The van der Waals surface area contributed by atoms with Crippen molar-refractivity contribution in [1.82, 2.24) is 40.4 Å². The number of carbonyl (C=O) groups excluding carboxylic acids is 2. The molecule has 1 atom stereocenters. The Morgan fingerprint density at radius 1 is 1.16 bits per heavy atom. The quantitative estimate of drug-likeness (QED) is 0.231. The zero-order chi connectivity index (χ0) is 31.2. The highest BCUT2D eigenvalue weighted by Gasteiger charge is 2.26. The second kappa shape index (κ2) is 13.7. The minimum atomic E-state index is -1.10. The van der Waals surface area contributed by atoms with E-state index in [1.165, 1.54) is 24.1 Å². The number of ether oxygens (including phenoxy) is 1. The first-order chi connectivity index (χ1) is 21.2. The molecule has 5 rings (SSSR count). The van der Waals surface area contributed by atoms with Crippen LogP contribution in [0.5, 0.6) is 0 Å². The van der Waals surface area contributed by atoms with E-state index in [-0.39, 0.29) is 23.3 Å². The average molecular weight is 640 g/mol. The van der Waals surface area contributed by atoms with Gasteiger partial charge in [0, 0.05) is 48.1 Å². The molecule has 0 saturated carbocycles. The number of hydrogen-bond donors (Lipinski definition) is 3. The summed E-state index contributed by atoms with van der Waals surface area (Å²) in [5.41, 5.74) is 2.64. The van der Waals surface area contributed by atoms with Crippen LogP contribution >= 0.6 is 23.2 Å². The zero-order valence-corrected chi connectivity index (χ0v) is 24.9. The van der Waals surface area contributed by atoms with E-state index in [4.69, 9.17) is 27.9 Å². The van der Waals surface area contributed by atoms with E-state index < -0.39 is 18.0 Å². The Morgan fingerprint density at radius 3 is 2.59 bits per heavy atom. The number of hydrogen-bond acceptors (Lipinski definition) is 8. The highest BCUT2D eigenvalue weighted by molar-refractivity contribution is 6.32. The van der Waals surface area contributed by atoms with Crippen molar-refractivity contribution in [2.75, 3.05) is 38.3 Å². The molecule has 14 nitrogen and oxygen atoms in total. The van der Waals surface area contributed by atoms with Gasteiger partial charge in [0.15, 0.2) is 0 Å². The molecular formula is C28H27Cl2N9O5. The van der Waals surface area contributed by atoms with Gasteiger partial charge in [0.05, 0.1) is 31.4 Å². The van der Waals surface area contributed by atoms with Crippen molar-refractivity contribution in [3.05, 3.63) is 76.4 Å². The van der Waals surface area contributed by atoms with Gasteiger partial charge in [-0.05, 0) is 46.8 Å². The lowest BCUT2D eigenvalue weighted by molar-refractivity contribution is -0.136. The van der Waals surface area contributed by atoms with Gasteiger partial charge in [-0.15, -0.1) is 5.10 Å². The van der Waals surface area contributed by atoms with E-state index in [1.54, 1.807) is 53.4 Å². The molecule has 0 unspecified atom stereocenters. The average Bonchev–Trinajstić information content (AvgIpc) is 3.70. The van der Waals surface area contributed by atoms with Crippen molar-refractivity contribution >= 4 is 52.9 Å². The van der Waals surface area contributed by atoms with Gasteiger partial charge in [0.25, 0.3) is 0 Å². The summed E-state index contributed by atoms with van der Waals surface area (Å²) >= 11 is 12.7. The van der Waals surface area contributed by atoms with E-state index in [9.17, 15) is 19.5 Å². The molecule has 0 bridgehead atoms. The molecule has 0 aliphatic carbocycles. The van der Waals surface area contributed by atoms with Gasteiger partial charge >= 0.3 is 6.09 Å². The molecular weight excluding hydrogens is 613 g/mol. The number of imidazole rings is 1. The molecule has 2 aromatic carbocycles. The van der Waals surface area contributed by atoms with Gasteiger partial charge in [-0.3, -0.25) is 14.5 Å². The molecule has 1 aliphatic rings. The third kappa shape index (κ3) is 7.22. The summed E-state index contributed by atoms with van der Waals surface area (Å²) in [6, 6.07) is 10.8. The summed E-state index contributed by atoms with van der Waals surface area (Å²) in [4.78, 5) is 48.1. The summed E-state index contributed by atoms with van der Waals surface area (Å²) in [6.45, 7) is 1.74. The topological polar surface area (TPSA) is 171 Å². The Hall–Kier alpha value is -4.79. The monoisotopic (exact) mass is 639 g/mol. The molecule has 3 heterocycles. The number of tetrazole rings is 1. The molecule has 1 saturated heterocycles. The number of amides is 3. The van der Waals surface area contributed by atoms with Crippen LogP contribution in [-0.4, -0.2) is 91.4 Å². The van der Waals surface area contributed by atoms with Crippen molar-refractivity contribution in [2.24, 2.45) is 0 Å². The lowest BCUT2D eigenvalue weighted by atomic mass is 10.1. The SMILES string of the molecule is CN(C(=O)O)c1ccc(-c2nc([C@H](CC(=O)N3CCOCC3)NC(=O)/C=C/c3cc(Cl)ccc3-n3cnnn3)[nH]c2Cl)cc1. The number of morpholine rings is 1. The van der Waals surface area contributed by atoms with Gasteiger partial charge in [0.1, 0.15) is 23.0 Å². The van der Waals surface area contributed by atoms with E-state index in [0.29, 0.717) is 59.5 Å². The van der Waals surface area contributed by atoms with E-state index in [0.717, 1.165) is 4.90 Å². The van der Waals surface area contributed by atoms with E-state index in [2.05, 4.69) is 30.8 Å². The van der Waals surface area contributed by atoms with E-state index >= 15 is 0 Å². The Kier molecular flexibility index (Phi) is 9.53. The number of aromatic amines is 1. The molecule has 3 amide bonds. The van der Waals surface area contributed by atoms with Gasteiger partial charge in [-0.2, -0.15) is 4.68 Å². The second-order valence-electron chi connectivity index (χ2n) is 9.72. The number of nitrogens with one attached hydrogen (secondary N) is 2. The fraction of sp³-hybridized carbons (Fsp3) is 0.250. The minimum absolute atomic E-state index is 0.0851. The summed E-state index contributed by atoms with van der Waals surface area (Å²) < 4.78 is 6.80. The van der Waals surface area contributed by atoms with E-state index in [1.807, 2.05) is 0 Å². The summed E-state index contributed by atoms with van der Waals surface area (Å²) in [7, 11) is 1.43. The first kappa shape index (κ1) is 30.7. The molecule has 1 aliphatic heterocycles. The van der Waals surface area contributed by atoms with Crippen LogP contribution in [0.2, 0.25) is 10.2 Å². The first-order valence-electron chi connectivity index (χ1n) is 13.4. The molecule has 1 fully saturated rings.